The van der Waals surface area contributed by atoms with Gasteiger partial charge in [-0.15, -0.1) is 0 Å². The molecule has 0 radical (unpaired) electrons. The van der Waals surface area contributed by atoms with E-state index >= 15 is 0 Å². The molecular weight excluding hydrogens is 310 g/mol. The van der Waals surface area contributed by atoms with Gasteiger partial charge >= 0.3 is 6.09 Å². The van der Waals surface area contributed by atoms with Crippen LogP contribution in [0.5, 0.6) is 0 Å². The van der Waals surface area contributed by atoms with Gasteiger partial charge in [0.25, 0.3) is 0 Å². The predicted octanol–water partition coefficient (Wildman–Crippen LogP) is 0.600. The van der Waals surface area contributed by atoms with Crippen LogP contribution < -0.4 is 0 Å². The molecule has 3 aliphatic rings. The van der Waals surface area contributed by atoms with Crippen molar-refractivity contribution in [3.05, 3.63) is 11.4 Å². The third-order valence-electron chi connectivity index (χ3n) is 5.84. The maximum absolute atomic E-state index is 12.7. The van der Waals surface area contributed by atoms with Gasteiger partial charge in [-0.05, 0) is 25.7 Å². The Morgan fingerprint density at radius 3 is 2.58 bits per heavy atom. The lowest BCUT2D eigenvalue weighted by Crippen LogP contribution is -2.63. The van der Waals surface area contributed by atoms with Gasteiger partial charge in [0.15, 0.2) is 0 Å². The van der Waals surface area contributed by atoms with Crippen molar-refractivity contribution in [2.45, 2.75) is 32.1 Å². The standard InChI is InChI=1S/C16H23N5O3/c1-24-15(23)20-6-4-16(5-7-20)9-21(10-16)14(22)11-2-3-12-13(8-11)18-19-17-12/h11H,2-10H2,1H3,(H,17,18,19). The Balaban J connectivity index is 1.30. The molecule has 1 atom stereocenters. The molecule has 130 valence electrons. The molecule has 1 aliphatic carbocycles. The fourth-order valence-corrected chi connectivity index (χ4v) is 4.28. The van der Waals surface area contributed by atoms with Crippen LogP contribution in [-0.2, 0) is 22.4 Å². The third-order valence-corrected chi connectivity index (χ3v) is 5.84. The van der Waals surface area contributed by atoms with Gasteiger partial charge in [-0.3, -0.25) is 4.79 Å². The molecule has 24 heavy (non-hydrogen) atoms. The van der Waals surface area contributed by atoms with Crippen molar-refractivity contribution in [2.24, 2.45) is 11.3 Å². The second-order valence-electron chi connectivity index (χ2n) is 7.31. The minimum absolute atomic E-state index is 0.0371. The summed E-state index contributed by atoms with van der Waals surface area (Å²) in [6.07, 6.45) is 4.04. The molecular formula is C16H23N5O3. The van der Waals surface area contributed by atoms with Crippen LogP contribution in [0.25, 0.3) is 0 Å². The van der Waals surface area contributed by atoms with Crippen LogP contribution >= 0.6 is 0 Å². The lowest BCUT2D eigenvalue weighted by molar-refractivity contribution is -0.151. The van der Waals surface area contributed by atoms with Crippen molar-refractivity contribution in [3.63, 3.8) is 0 Å². The van der Waals surface area contributed by atoms with E-state index in [0.717, 1.165) is 63.3 Å². The number of nitrogens with one attached hydrogen (secondary N) is 1. The lowest BCUT2D eigenvalue weighted by atomic mass is 9.71. The molecule has 2 fully saturated rings. The summed E-state index contributed by atoms with van der Waals surface area (Å²) in [4.78, 5) is 28.0. The van der Waals surface area contributed by atoms with Gasteiger partial charge < -0.3 is 14.5 Å². The topological polar surface area (TPSA) is 91.4 Å². The molecule has 8 nitrogen and oxygen atoms in total. The molecule has 1 aromatic rings. The van der Waals surface area contributed by atoms with Crippen molar-refractivity contribution in [1.82, 2.24) is 25.2 Å². The number of aryl methyl sites for hydroxylation is 1. The number of nitrogens with zero attached hydrogens (tertiary/aromatic N) is 4. The fourth-order valence-electron chi connectivity index (χ4n) is 4.28. The normalized spacial score (nSPS) is 25.1. The van der Waals surface area contributed by atoms with Crippen LogP contribution in [0.15, 0.2) is 0 Å². The van der Waals surface area contributed by atoms with Crippen LogP contribution in [0.1, 0.15) is 30.7 Å². The van der Waals surface area contributed by atoms with Gasteiger partial charge in [-0.1, -0.05) is 0 Å². The molecule has 1 unspecified atom stereocenters. The molecule has 4 rings (SSSR count). The van der Waals surface area contributed by atoms with Gasteiger partial charge in [0, 0.05) is 43.9 Å². The van der Waals surface area contributed by atoms with Crippen molar-refractivity contribution < 1.29 is 14.3 Å². The molecule has 0 aromatic carbocycles. The Morgan fingerprint density at radius 2 is 1.88 bits per heavy atom. The van der Waals surface area contributed by atoms with E-state index in [1.54, 1.807) is 4.90 Å². The van der Waals surface area contributed by atoms with E-state index in [2.05, 4.69) is 15.4 Å². The van der Waals surface area contributed by atoms with Crippen LogP contribution in [0.3, 0.4) is 0 Å². The number of fused-ring (bicyclic) bond motifs is 1. The average molecular weight is 333 g/mol. The molecule has 0 bridgehead atoms. The summed E-state index contributed by atoms with van der Waals surface area (Å²) in [5.41, 5.74) is 2.16. The predicted molar refractivity (Wildman–Crippen MR) is 84.1 cm³/mol. The number of amides is 2. The van der Waals surface area contributed by atoms with Gasteiger partial charge in [-0.2, -0.15) is 15.4 Å². The maximum atomic E-state index is 12.7. The number of hydrogen-bond donors (Lipinski definition) is 1. The van der Waals surface area contributed by atoms with Crippen LogP contribution in [0.4, 0.5) is 4.79 Å². The molecule has 8 heteroatoms. The molecule has 1 aromatic heterocycles. The highest BCUT2D eigenvalue weighted by atomic mass is 16.5. The number of carbonyl (C=O) groups is 2. The molecule has 0 saturated carbocycles. The molecule has 1 spiro atoms. The maximum Gasteiger partial charge on any atom is 0.409 e. The number of methoxy groups -OCH3 is 1. The number of aromatic nitrogens is 3. The molecule has 2 amide bonds. The monoisotopic (exact) mass is 333 g/mol. The summed E-state index contributed by atoms with van der Waals surface area (Å²) in [5, 5.41) is 10.9. The minimum atomic E-state index is -0.247. The summed E-state index contributed by atoms with van der Waals surface area (Å²) in [6.45, 7) is 3.09. The number of ether oxygens (including phenoxy) is 1. The van der Waals surface area contributed by atoms with Crippen LogP contribution in [-0.4, -0.2) is 70.5 Å². The first-order valence-electron chi connectivity index (χ1n) is 8.60. The largest absolute Gasteiger partial charge is 0.453 e. The highest BCUT2D eigenvalue weighted by Gasteiger charge is 2.48. The van der Waals surface area contributed by atoms with E-state index in [9.17, 15) is 9.59 Å². The molecule has 2 aliphatic heterocycles. The van der Waals surface area contributed by atoms with Gasteiger partial charge in [-0.25, -0.2) is 4.79 Å². The molecule has 1 N–H and O–H groups in total. The minimum Gasteiger partial charge on any atom is -0.453 e. The summed E-state index contributed by atoms with van der Waals surface area (Å²) < 4.78 is 4.78. The highest BCUT2D eigenvalue weighted by molar-refractivity contribution is 5.80. The zero-order valence-corrected chi connectivity index (χ0v) is 14.0. The quantitative estimate of drug-likeness (QED) is 0.812. The summed E-state index contributed by atoms with van der Waals surface area (Å²) in [6, 6.07) is 0. The number of carbonyl (C=O) groups excluding carboxylic acids is 2. The summed E-state index contributed by atoms with van der Waals surface area (Å²) in [5.74, 6) is 0.291. The Hall–Kier alpha value is -2.12. The number of aromatic amines is 1. The Kier molecular flexibility index (Phi) is 3.69. The number of likely N-dealkylation sites (tertiary alicyclic amines) is 2. The van der Waals surface area contributed by atoms with E-state index < -0.39 is 0 Å². The number of piperidine rings is 1. The number of H-pyrrole nitrogens is 1. The van der Waals surface area contributed by atoms with Gasteiger partial charge in [0.05, 0.1) is 18.5 Å². The summed E-state index contributed by atoms with van der Waals surface area (Å²) in [7, 11) is 1.42. The van der Waals surface area contributed by atoms with E-state index in [4.69, 9.17) is 4.74 Å². The van der Waals surface area contributed by atoms with Crippen molar-refractivity contribution in [1.29, 1.82) is 0 Å². The molecule has 2 saturated heterocycles. The Labute approximate surface area is 140 Å². The molecule has 3 heterocycles. The smallest absolute Gasteiger partial charge is 0.409 e. The fraction of sp³-hybridized carbons (Fsp3) is 0.750. The second-order valence-corrected chi connectivity index (χ2v) is 7.31. The average Bonchev–Trinajstić information content (AvgIpc) is 3.06. The summed E-state index contributed by atoms with van der Waals surface area (Å²) >= 11 is 0. The third kappa shape index (κ3) is 2.53. The van der Waals surface area contributed by atoms with E-state index in [-0.39, 0.29) is 23.3 Å². The van der Waals surface area contributed by atoms with Gasteiger partial charge in [0.1, 0.15) is 0 Å². The Bertz CT molecular complexity index is 642. The first-order valence-corrected chi connectivity index (χ1v) is 8.60. The van der Waals surface area contributed by atoms with Crippen LogP contribution in [0.2, 0.25) is 0 Å². The second kappa shape index (κ2) is 5.75. The first kappa shape index (κ1) is 15.4. The van der Waals surface area contributed by atoms with E-state index in [0.29, 0.717) is 6.42 Å². The zero-order valence-electron chi connectivity index (χ0n) is 14.0. The number of hydrogen-bond acceptors (Lipinski definition) is 5. The van der Waals surface area contributed by atoms with Crippen LogP contribution in [0, 0.1) is 11.3 Å². The highest BCUT2D eigenvalue weighted by Crippen LogP contribution is 2.41. The Morgan fingerprint density at radius 1 is 1.17 bits per heavy atom. The first-order chi connectivity index (χ1) is 11.6. The number of rotatable bonds is 1. The van der Waals surface area contributed by atoms with E-state index in [1.165, 1.54) is 7.11 Å². The zero-order chi connectivity index (χ0) is 16.7. The van der Waals surface area contributed by atoms with Crippen molar-refractivity contribution in [3.8, 4) is 0 Å². The van der Waals surface area contributed by atoms with Crippen molar-refractivity contribution in [2.75, 3.05) is 33.3 Å². The SMILES string of the molecule is COC(=O)N1CCC2(CC1)CN(C(=O)C1CCc3n[nH]nc3C1)C2. The van der Waals surface area contributed by atoms with Gasteiger partial charge in [0.2, 0.25) is 5.91 Å². The lowest BCUT2D eigenvalue weighted by Gasteiger charge is -2.54. The van der Waals surface area contributed by atoms with E-state index in [1.807, 2.05) is 4.90 Å². The van der Waals surface area contributed by atoms with Crippen molar-refractivity contribution >= 4 is 12.0 Å².